The maximum atomic E-state index is 11.8. The molecule has 158 valence electrons. The predicted octanol–water partition coefficient (Wildman–Crippen LogP) is 4.53. The first kappa shape index (κ1) is 24.5. The lowest BCUT2D eigenvalue weighted by Crippen LogP contribution is -2.22. The maximum absolute atomic E-state index is 11.8. The van der Waals surface area contributed by atoms with E-state index in [2.05, 4.69) is 84.8 Å². The first-order chi connectivity index (χ1) is 14.2. The first-order valence-electron chi connectivity index (χ1n) is 8.17. The van der Waals surface area contributed by atoms with Crippen molar-refractivity contribution in [2.45, 2.75) is 12.8 Å². The van der Waals surface area contributed by atoms with E-state index in [-0.39, 0.29) is 24.3 Å². The van der Waals surface area contributed by atoms with Crippen LogP contribution in [0, 0.1) is 0 Å². The molecule has 2 amide bonds. The van der Waals surface area contributed by atoms with Gasteiger partial charge in [0.1, 0.15) is 11.5 Å². The van der Waals surface area contributed by atoms with Crippen LogP contribution in [0.5, 0.6) is 11.5 Å². The highest BCUT2D eigenvalue weighted by Gasteiger charge is 2.08. The standard InChI is InChI=1S/C18H14Br4N4O4/c19-11-3-9(17(29)13(21)5-11)7-23-25-15(27)1-2-16(28)26-24-8-10-4-12(20)6-14(22)18(10)30/h3-8,29-30H,1-2H2,(H,25,27)(H,26,28)/b23-7+,24-8+. The molecule has 2 aromatic carbocycles. The average Bonchev–Trinajstić information content (AvgIpc) is 2.67. The SMILES string of the molecule is O=C(CCC(=O)N/N=C/c1cc(Br)cc(Br)c1O)N/N=C/c1cc(Br)cc(Br)c1O. The molecule has 2 aromatic rings. The minimum atomic E-state index is -0.479. The number of aromatic hydroxyl groups is 2. The van der Waals surface area contributed by atoms with Gasteiger partial charge >= 0.3 is 0 Å². The molecule has 0 atom stereocenters. The number of halogens is 4. The van der Waals surface area contributed by atoms with Gasteiger partial charge in [-0.15, -0.1) is 0 Å². The maximum Gasteiger partial charge on any atom is 0.240 e. The van der Waals surface area contributed by atoms with E-state index in [1.54, 1.807) is 24.3 Å². The van der Waals surface area contributed by atoms with Crippen LogP contribution in [0.15, 0.2) is 52.4 Å². The van der Waals surface area contributed by atoms with Gasteiger partial charge in [0.25, 0.3) is 0 Å². The van der Waals surface area contributed by atoms with E-state index in [4.69, 9.17) is 0 Å². The quantitative estimate of drug-likeness (QED) is 0.256. The van der Waals surface area contributed by atoms with Gasteiger partial charge in [0.05, 0.1) is 21.4 Å². The van der Waals surface area contributed by atoms with E-state index in [1.807, 2.05) is 0 Å². The van der Waals surface area contributed by atoms with Crippen LogP contribution in [0.2, 0.25) is 0 Å². The Labute approximate surface area is 205 Å². The van der Waals surface area contributed by atoms with Crippen molar-refractivity contribution in [3.8, 4) is 11.5 Å². The van der Waals surface area contributed by atoms with Crippen molar-refractivity contribution < 1.29 is 19.8 Å². The van der Waals surface area contributed by atoms with Crippen molar-refractivity contribution in [1.29, 1.82) is 0 Å². The minimum Gasteiger partial charge on any atom is -0.506 e. The predicted molar refractivity (Wildman–Crippen MR) is 128 cm³/mol. The molecular formula is C18H14Br4N4O4. The zero-order valence-electron chi connectivity index (χ0n) is 15.0. The van der Waals surface area contributed by atoms with Gasteiger partial charge in [-0.25, -0.2) is 10.9 Å². The van der Waals surface area contributed by atoms with Gasteiger partial charge in [0.2, 0.25) is 11.8 Å². The van der Waals surface area contributed by atoms with Gasteiger partial charge in [-0.2, -0.15) is 10.2 Å². The fourth-order valence-electron chi connectivity index (χ4n) is 2.06. The summed E-state index contributed by atoms with van der Waals surface area (Å²) in [6.07, 6.45) is 2.35. The van der Waals surface area contributed by atoms with Crippen molar-refractivity contribution in [3.63, 3.8) is 0 Å². The van der Waals surface area contributed by atoms with Crippen LogP contribution < -0.4 is 10.9 Å². The number of rotatable bonds is 7. The lowest BCUT2D eigenvalue weighted by atomic mass is 10.2. The molecule has 0 saturated carbocycles. The summed E-state index contributed by atoms with van der Waals surface area (Å²) in [7, 11) is 0. The number of hydrogen-bond donors (Lipinski definition) is 4. The molecule has 12 heteroatoms. The number of hydrogen-bond acceptors (Lipinski definition) is 6. The largest absolute Gasteiger partial charge is 0.506 e. The molecule has 4 N–H and O–H groups in total. The third kappa shape index (κ3) is 7.49. The molecule has 30 heavy (non-hydrogen) atoms. The first-order valence-corrected chi connectivity index (χ1v) is 11.3. The normalized spacial score (nSPS) is 11.2. The molecule has 0 aliphatic carbocycles. The second-order valence-corrected chi connectivity index (χ2v) is 9.28. The number of hydrazone groups is 2. The molecule has 2 rings (SSSR count). The van der Waals surface area contributed by atoms with Crippen LogP contribution in [-0.2, 0) is 9.59 Å². The summed E-state index contributed by atoms with van der Waals surface area (Å²) in [6.45, 7) is 0. The van der Waals surface area contributed by atoms with Crippen molar-refractivity contribution in [2.75, 3.05) is 0 Å². The zero-order valence-corrected chi connectivity index (χ0v) is 21.3. The number of benzene rings is 2. The van der Waals surface area contributed by atoms with E-state index < -0.39 is 11.8 Å². The zero-order chi connectivity index (χ0) is 22.3. The number of amides is 2. The van der Waals surface area contributed by atoms with Gasteiger partial charge in [0, 0.05) is 32.9 Å². The molecule has 0 radical (unpaired) electrons. The number of nitrogens with zero attached hydrogens (tertiary/aromatic N) is 2. The Morgan fingerprint density at radius 1 is 0.767 bits per heavy atom. The summed E-state index contributed by atoms with van der Waals surface area (Å²) in [5, 5.41) is 27.4. The smallest absolute Gasteiger partial charge is 0.240 e. The Kier molecular flexibility index (Phi) is 9.46. The molecule has 8 nitrogen and oxygen atoms in total. The summed E-state index contributed by atoms with van der Waals surface area (Å²) in [6, 6.07) is 6.60. The van der Waals surface area contributed by atoms with E-state index in [1.165, 1.54) is 12.4 Å². The number of phenolic OH excluding ortho intramolecular Hbond substituents is 2. The second kappa shape index (κ2) is 11.6. The lowest BCUT2D eigenvalue weighted by Gasteiger charge is -2.04. The topological polar surface area (TPSA) is 123 Å². The molecule has 0 spiro atoms. The Balaban J connectivity index is 1.80. The molecule has 0 heterocycles. The van der Waals surface area contributed by atoms with Gasteiger partial charge in [-0.1, -0.05) is 31.9 Å². The van der Waals surface area contributed by atoms with Crippen LogP contribution in [-0.4, -0.2) is 34.5 Å². The van der Waals surface area contributed by atoms with Crippen LogP contribution >= 0.6 is 63.7 Å². The summed E-state index contributed by atoms with van der Waals surface area (Å²) in [5.41, 5.74) is 5.35. The highest BCUT2D eigenvalue weighted by molar-refractivity contribution is 9.11. The number of phenols is 2. The number of carbonyl (C=O) groups excluding carboxylic acids is 2. The van der Waals surface area contributed by atoms with Crippen molar-refractivity contribution in [3.05, 3.63) is 53.3 Å². The molecular weight excluding hydrogens is 656 g/mol. The highest BCUT2D eigenvalue weighted by atomic mass is 79.9. The van der Waals surface area contributed by atoms with Gasteiger partial charge in [0.15, 0.2) is 0 Å². The summed E-state index contributed by atoms with van der Waals surface area (Å²) in [4.78, 5) is 23.6. The van der Waals surface area contributed by atoms with E-state index in [9.17, 15) is 19.8 Å². The van der Waals surface area contributed by atoms with E-state index in [0.717, 1.165) is 8.95 Å². The Bertz CT molecular complexity index is 946. The second-order valence-electron chi connectivity index (χ2n) is 5.74. The Morgan fingerprint density at radius 2 is 1.13 bits per heavy atom. The number of nitrogens with one attached hydrogen (secondary N) is 2. The minimum absolute atomic E-state index is 0.0167. The molecule has 0 unspecified atom stereocenters. The third-order valence-corrected chi connectivity index (χ3v) is 5.60. The van der Waals surface area contributed by atoms with E-state index in [0.29, 0.717) is 20.1 Å². The number of carbonyl (C=O) groups is 2. The van der Waals surface area contributed by atoms with Crippen LogP contribution in [0.25, 0.3) is 0 Å². The molecule has 0 saturated heterocycles. The summed E-state index contributed by atoms with van der Waals surface area (Å²) in [5.74, 6) is -0.992. The summed E-state index contributed by atoms with van der Waals surface area (Å²) < 4.78 is 2.40. The monoisotopic (exact) mass is 666 g/mol. The summed E-state index contributed by atoms with van der Waals surface area (Å²) >= 11 is 13.0. The fraction of sp³-hybridized carbons (Fsp3) is 0.111. The van der Waals surface area contributed by atoms with Crippen molar-refractivity contribution in [1.82, 2.24) is 10.9 Å². The molecule has 0 bridgehead atoms. The average molecular weight is 670 g/mol. The molecule has 0 aromatic heterocycles. The van der Waals surface area contributed by atoms with Crippen LogP contribution in [0.1, 0.15) is 24.0 Å². The molecule has 0 aliphatic heterocycles. The third-order valence-electron chi connectivity index (χ3n) is 3.48. The van der Waals surface area contributed by atoms with Crippen molar-refractivity contribution in [2.24, 2.45) is 10.2 Å². The van der Waals surface area contributed by atoms with Crippen LogP contribution in [0.3, 0.4) is 0 Å². The lowest BCUT2D eigenvalue weighted by molar-refractivity contribution is -0.126. The fourth-order valence-corrected chi connectivity index (χ4v) is 4.57. The van der Waals surface area contributed by atoms with Gasteiger partial charge in [-0.3, -0.25) is 9.59 Å². The highest BCUT2D eigenvalue weighted by Crippen LogP contribution is 2.31. The molecule has 0 aliphatic rings. The Hall–Kier alpha value is -1.76. The van der Waals surface area contributed by atoms with Gasteiger partial charge < -0.3 is 10.2 Å². The Morgan fingerprint density at radius 3 is 1.50 bits per heavy atom. The molecule has 0 fully saturated rings. The van der Waals surface area contributed by atoms with Crippen LogP contribution in [0.4, 0.5) is 0 Å². The van der Waals surface area contributed by atoms with E-state index >= 15 is 0 Å². The van der Waals surface area contributed by atoms with Crippen molar-refractivity contribution >= 4 is 88.0 Å². The van der Waals surface area contributed by atoms with Gasteiger partial charge in [-0.05, 0) is 56.1 Å².